The minimum atomic E-state index is -4.32. The third-order valence-electron chi connectivity index (χ3n) is 3.25. The zero-order valence-electron chi connectivity index (χ0n) is 11.6. The van der Waals surface area contributed by atoms with Gasteiger partial charge < -0.3 is 4.90 Å². The third-order valence-corrected chi connectivity index (χ3v) is 4.17. The largest absolute Gasteiger partial charge is 0.416 e. The molecule has 1 rings (SSSR count). The summed E-state index contributed by atoms with van der Waals surface area (Å²) in [6.45, 7) is 4.35. The van der Waals surface area contributed by atoms with E-state index in [2.05, 4.69) is 0 Å². The first-order chi connectivity index (χ1) is 9.04. The fourth-order valence-electron chi connectivity index (χ4n) is 1.68. The lowest BCUT2D eigenvalue weighted by atomic mass is 10.0. The molecule has 1 unspecified atom stereocenters. The SMILES string of the molecule is C[NH+](CCC(C)(C)N(Cl)Cl)c1cccc(C(F)(F)F)c1. The van der Waals surface area contributed by atoms with Crippen molar-refractivity contribution in [1.82, 2.24) is 3.94 Å². The van der Waals surface area contributed by atoms with Crippen LogP contribution >= 0.6 is 23.6 Å². The maximum absolute atomic E-state index is 12.7. The average Bonchev–Trinajstić information content (AvgIpc) is 2.35. The van der Waals surface area contributed by atoms with Crippen molar-refractivity contribution in [3.05, 3.63) is 29.8 Å². The number of rotatable bonds is 5. The molecule has 0 bridgehead atoms. The molecule has 0 saturated carbocycles. The fourth-order valence-corrected chi connectivity index (χ4v) is 1.85. The molecular weight excluding hydrogens is 312 g/mol. The first-order valence-corrected chi connectivity index (χ1v) is 6.83. The van der Waals surface area contributed by atoms with Gasteiger partial charge in [-0.2, -0.15) is 13.2 Å². The molecule has 20 heavy (non-hydrogen) atoms. The molecule has 0 aliphatic carbocycles. The quantitative estimate of drug-likeness (QED) is 0.810. The summed E-state index contributed by atoms with van der Waals surface area (Å²) in [5.41, 5.74) is -0.484. The molecule has 0 saturated heterocycles. The van der Waals surface area contributed by atoms with Crippen molar-refractivity contribution in [3.63, 3.8) is 0 Å². The molecule has 1 N–H and O–H groups in total. The van der Waals surface area contributed by atoms with Crippen LogP contribution in [0, 0.1) is 0 Å². The summed E-state index contributed by atoms with van der Waals surface area (Å²) < 4.78 is 39.1. The van der Waals surface area contributed by atoms with Crippen molar-refractivity contribution in [3.8, 4) is 0 Å². The Labute approximate surface area is 127 Å². The highest BCUT2D eigenvalue weighted by Crippen LogP contribution is 2.30. The maximum Gasteiger partial charge on any atom is 0.416 e. The van der Waals surface area contributed by atoms with Gasteiger partial charge in [-0.15, -0.1) is 3.94 Å². The van der Waals surface area contributed by atoms with Gasteiger partial charge in [0.25, 0.3) is 0 Å². The number of benzene rings is 1. The van der Waals surface area contributed by atoms with Crippen molar-refractivity contribution >= 4 is 29.2 Å². The number of hydrogen-bond acceptors (Lipinski definition) is 1. The maximum atomic E-state index is 12.7. The summed E-state index contributed by atoms with van der Waals surface area (Å²) in [5, 5.41) is 0. The molecule has 2 nitrogen and oxygen atoms in total. The summed E-state index contributed by atoms with van der Waals surface area (Å²) in [6.07, 6.45) is -3.68. The summed E-state index contributed by atoms with van der Waals surface area (Å²) in [6, 6.07) is 5.33. The van der Waals surface area contributed by atoms with E-state index < -0.39 is 17.3 Å². The van der Waals surface area contributed by atoms with E-state index in [1.54, 1.807) is 6.07 Å². The van der Waals surface area contributed by atoms with Crippen LogP contribution < -0.4 is 4.90 Å². The Bertz CT molecular complexity index is 447. The van der Waals surface area contributed by atoms with E-state index in [-0.39, 0.29) is 0 Å². The monoisotopic (exact) mass is 329 g/mol. The Morgan fingerprint density at radius 3 is 2.30 bits per heavy atom. The molecule has 0 spiro atoms. The molecule has 1 atom stereocenters. The Morgan fingerprint density at radius 2 is 1.80 bits per heavy atom. The van der Waals surface area contributed by atoms with Crippen LogP contribution in [0.25, 0.3) is 0 Å². The van der Waals surface area contributed by atoms with E-state index in [9.17, 15) is 13.2 Å². The summed E-state index contributed by atoms with van der Waals surface area (Å²) in [4.78, 5) is 0.874. The van der Waals surface area contributed by atoms with Gasteiger partial charge in [-0.25, -0.2) is 0 Å². The Hall–Kier alpha value is -0.490. The molecule has 0 fully saturated rings. The molecule has 0 aliphatic rings. The second kappa shape index (κ2) is 6.52. The first kappa shape index (κ1) is 17.6. The van der Waals surface area contributed by atoms with Crippen LogP contribution in [0.3, 0.4) is 0 Å². The smallest absolute Gasteiger partial charge is 0.305 e. The van der Waals surface area contributed by atoms with E-state index in [0.29, 0.717) is 18.7 Å². The van der Waals surface area contributed by atoms with Crippen LogP contribution in [0.4, 0.5) is 18.9 Å². The topological polar surface area (TPSA) is 7.68 Å². The second-order valence-corrected chi connectivity index (χ2v) is 6.25. The lowest BCUT2D eigenvalue weighted by Gasteiger charge is -2.28. The first-order valence-electron chi connectivity index (χ1n) is 6.16. The molecule has 0 aromatic heterocycles. The van der Waals surface area contributed by atoms with Crippen LogP contribution in [0.1, 0.15) is 25.8 Å². The van der Waals surface area contributed by atoms with E-state index in [0.717, 1.165) is 14.9 Å². The van der Waals surface area contributed by atoms with Gasteiger partial charge in [0.2, 0.25) is 0 Å². The van der Waals surface area contributed by atoms with Crippen molar-refractivity contribution in [2.45, 2.75) is 32.0 Å². The highest BCUT2D eigenvalue weighted by Gasteiger charge is 2.31. The van der Waals surface area contributed by atoms with Gasteiger partial charge in [-0.05, 0) is 49.5 Å². The highest BCUT2D eigenvalue weighted by atomic mass is 35.5. The zero-order valence-corrected chi connectivity index (χ0v) is 13.1. The number of alkyl halides is 3. The van der Waals surface area contributed by atoms with E-state index >= 15 is 0 Å². The van der Waals surface area contributed by atoms with E-state index in [4.69, 9.17) is 23.6 Å². The van der Waals surface area contributed by atoms with Gasteiger partial charge in [-0.3, -0.25) is 0 Å². The van der Waals surface area contributed by atoms with Gasteiger partial charge in [0.05, 0.1) is 24.7 Å². The minimum absolute atomic E-state index is 0.438. The second-order valence-electron chi connectivity index (χ2n) is 5.40. The fraction of sp³-hybridized carbons (Fsp3) is 0.538. The van der Waals surface area contributed by atoms with Crippen molar-refractivity contribution < 1.29 is 18.1 Å². The van der Waals surface area contributed by atoms with Crippen LogP contribution in [-0.2, 0) is 6.18 Å². The van der Waals surface area contributed by atoms with Gasteiger partial charge >= 0.3 is 6.18 Å². The molecule has 0 aliphatic heterocycles. The van der Waals surface area contributed by atoms with Crippen LogP contribution in [0.5, 0.6) is 0 Å². The van der Waals surface area contributed by atoms with Gasteiger partial charge in [0.1, 0.15) is 5.69 Å². The molecule has 0 heterocycles. The van der Waals surface area contributed by atoms with Crippen molar-refractivity contribution in [2.24, 2.45) is 0 Å². The lowest BCUT2D eigenvalue weighted by Crippen LogP contribution is -3.04. The van der Waals surface area contributed by atoms with Crippen molar-refractivity contribution in [2.75, 3.05) is 13.6 Å². The number of nitrogens with zero attached hydrogens (tertiary/aromatic N) is 1. The Kier molecular flexibility index (Phi) is 5.72. The predicted molar refractivity (Wildman–Crippen MR) is 75.1 cm³/mol. The predicted octanol–water partition coefficient (Wildman–Crippen LogP) is 3.63. The Morgan fingerprint density at radius 1 is 1.20 bits per heavy atom. The number of quaternary nitrogens is 1. The van der Waals surface area contributed by atoms with Crippen LogP contribution in [-0.4, -0.2) is 23.1 Å². The van der Waals surface area contributed by atoms with E-state index in [1.807, 2.05) is 20.9 Å². The van der Waals surface area contributed by atoms with Crippen molar-refractivity contribution in [1.29, 1.82) is 0 Å². The molecule has 7 heteroatoms. The highest BCUT2D eigenvalue weighted by molar-refractivity contribution is 6.34. The third kappa shape index (κ3) is 4.81. The molecule has 1 aromatic carbocycles. The van der Waals surface area contributed by atoms with Gasteiger partial charge in [0.15, 0.2) is 0 Å². The standard InChI is InChI=1S/C13H17Cl2F3N2/c1-12(2,20(14)15)7-8-19(3)11-6-4-5-10(9-11)13(16,17)18/h4-6,9H,7-8H2,1-3H3/p+1. The van der Waals surface area contributed by atoms with Gasteiger partial charge in [-0.1, -0.05) is 6.07 Å². The summed E-state index contributed by atoms with van der Waals surface area (Å²) >= 11 is 11.4. The molecular formula is C13H18Cl2F3N2+. The molecule has 1 aromatic rings. The normalized spacial score (nSPS) is 14.7. The summed E-state index contributed by atoms with van der Waals surface area (Å²) in [5.74, 6) is 0. The average molecular weight is 330 g/mol. The number of halogens is 5. The molecule has 0 radical (unpaired) electrons. The Balaban J connectivity index is 2.76. The zero-order chi connectivity index (χ0) is 15.6. The van der Waals surface area contributed by atoms with E-state index in [1.165, 1.54) is 12.1 Å². The lowest BCUT2D eigenvalue weighted by molar-refractivity contribution is -0.811. The van der Waals surface area contributed by atoms with Gasteiger partial charge in [0, 0.05) is 12.5 Å². The molecule has 114 valence electrons. The number of hydrogen-bond donors (Lipinski definition) is 1. The molecule has 0 amide bonds. The number of nitrogens with one attached hydrogen (secondary N) is 1. The van der Waals surface area contributed by atoms with Crippen LogP contribution in [0.15, 0.2) is 24.3 Å². The minimum Gasteiger partial charge on any atom is -0.305 e. The van der Waals surface area contributed by atoms with Crippen LogP contribution in [0.2, 0.25) is 0 Å². The summed E-state index contributed by atoms with van der Waals surface area (Å²) in [7, 11) is 1.82.